The standard InChI is InChI=1S/C29H35ClN6O4/c1-17-25-18(14-34(5)33-25)10-22(26(17)39-16-38-7)24-12-23(30)21-11-20(13-31-27(21)32-24)35(6)19-8-9-36(15-19)28(37)40-29(2,3)4/h10-14,19H,8-9,15-16H2,1-7H3. The van der Waals surface area contributed by atoms with E-state index >= 15 is 0 Å². The zero-order chi connectivity index (χ0) is 28.8. The fourth-order valence-corrected chi connectivity index (χ4v) is 5.32. The SMILES string of the molecule is COCOc1c(-c2cc(Cl)c3cc(N(C)C4CCN(C(=O)OC(C)(C)C)C4)cnc3n2)cc2cn(C)nc2c1C. The third-order valence-electron chi connectivity index (χ3n) is 7.06. The molecule has 1 saturated heterocycles. The molecule has 212 valence electrons. The minimum atomic E-state index is -0.523. The number of carbonyl (C=O) groups excluding carboxylic acids is 1. The van der Waals surface area contributed by atoms with Gasteiger partial charge in [0.25, 0.3) is 0 Å². The van der Waals surface area contributed by atoms with Crippen molar-refractivity contribution in [3.8, 4) is 17.0 Å². The summed E-state index contributed by atoms with van der Waals surface area (Å²) in [5.41, 5.74) is 4.09. The van der Waals surface area contributed by atoms with Gasteiger partial charge in [-0.15, -0.1) is 0 Å². The molecular weight excluding hydrogens is 532 g/mol. The van der Waals surface area contributed by atoms with Gasteiger partial charge in [0.15, 0.2) is 12.4 Å². The number of rotatable bonds is 6. The van der Waals surface area contributed by atoms with E-state index in [1.807, 2.05) is 66.2 Å². The number of carbonyl (C=O) groups is 1. The minimum Gasteiger partial charge on any atom is -0.466 e. The van der Waals surface area contributed by atoms with Gasteiger partial charge in [-0.2, -0.15) is 5.10 Å². The highest BCUT2D eigenvalue weighted by atomic mass is 35.5. The summed E-state index contributed by atoms with van der Waals surface area (Å²) in [5, 5.41) is 6.83. The molecule has 1 unspecified atom stereocenters. The Morgan fingerprint density at radius 3 is 2.75 bits per heavy atom. The third kappa shape index (κ3) is 5.51. The number of amides is 1. The third-order valence-corrected chi connectivity index (χ3v) is 7.38. The molecule has 0 saturated carbocycles. The molecule has 0 bridgehead atoms. The monoisotopic (exact) mass is 566 g/mol. The second-order valence-corrected chi connectivity index (χ2v) is 11.6. The second-order valence-electron chi connectivity index (χ2n) is 11.2. The number of fused-ring (bicyclic) bond motifs is 2. The Labute approximate surface area is 238 Å². The molecule has 1 aliphatic rings. The maximum atomic E-state index is 12.5. The Balaban J connectivity index is 1.45. The van der Waals surface area contributed by atoms with E-state index in [2.05, 4.69) is 15.0 Å². The van der Waals surface area contributed by atoms with Crippen LogP contribution in [0.2, 0.25) is 5.02 Å². The van der Waals surface area contributed by atoms with Crippen LogP contribution in [-0.4, -0.2) is 76.4 Å². The molecule has 1 aliphatic heterocycles. The highest BCUT2D eigenvalue weighted by Gasteiger charge is 2.32. The molecule has 1 amide bonds. The van der Waals surface area contributed by atoms with E-state index in [-0.39, 0.29) is 18.9 Å². The average Bonchev–Trinajstić information content (AvgIpc) is 3.53. The lowest BCUT2D eigenvalue weighted by atomic mass is 10.0. The van der Waals surface area contributed by atoms with Gasteiger partial charge in [0.1, 0.15) is 11.4 Å². The van der Waals surface area contributed by atoms with Gasteiger partial charge in [-0.1, -0.05) is 11.6 Å². The number of hydrogen-bond acceptors (Lipinski definition) is 8. The van der Waals surface area contributed by atoms with E-state index < -0.39 is 5.60 Å². The van der Waals surface area contributed by atoms with Crippen molar-refractivity contribution in [1.82, 2.24) is 24.6 Å². The molecule has 0 spiro atoms. The quantitative estimate of drug-likeness (QED) is 0.279. The van der Waals surface area contributed by atoms with E-state index in [4.69, 9.17) is 30.8 Å². The maximum Gasteiger partial charge on any atom is 0.410 e. The smallest absolute Gasteiger partial charge is 0.410 e. The van der Waals surface area contributed by atoms with Gasteiger partial charge in [0.05, 0.1) is 28.1 Å². The normalized spacial score (nSPS) is 15.7. The Hall–Kier alpha value is -3.63. The zero-order valence-electron chi connectivity index (χ0n) is 24.0. The minimum absolute atomic E-state index is 0.0912. The van der Waals surface area contributed by atoms with E-state index in [1.54, 1.807) is 22.9 Å². The Bertz CT molecular complexity index is 1580. The highest BCUT2D eigenvalue weighted by Crippen LogP contribution is 2.39. The largest absolute Gasteiger partial charge is 0.466 e. The van der Waals surface area contributed by atoms with Crippen molar-refractivity contribution in [2.75, 3.05) is 38.9 Å². The topological polar surface area (TPSA) is 94.8 Å². The number of benzene rings is 1. The number of methoxy groups -OCH3 is 1. The van der Waals surface area contributed by atoms with E-state index in [0.717, 1.165) is 39.5 Å². The van der Waals surface area contributed by atoms with Gasteiger partial charge in [0.2, 0.25) is 0 Å². The van der Waals surface area contributed by atoms with E-state index in [1.165, 1.54) is 0 Å². The van der Waals surface area contributed by atoms with Crippen LogP contribution in [0.4, 0.5) is 10.5 Å². The number of nitrogens with zero attached hydrogens (tertiary/aromatic N) is 6. The molecule has 1 fully saturated rings. The highest BCUT2D eigenvalue weighted by molar-refractivity contribution is 6.35. The van der Waals surface area contributed by atoms with Gasteiger partial charge < -0.3 is 24.0 Å². The molecule has 10 nitrogen and oxygen atoms in total. The molecule has 1 aromatic carbocycles. The predicted molar refractivity (Wildman–Crippen MR) is 156 cm³/mol. The van der Waals surface area contributed by atoms with Crippen LogP contribution in [0, 0.1) is 6.92 Å². The summed E-state index contributed by atoms with van der Waals surface area (Å²) in [6.45, 7) is 8.91. The van der Waals surface area contributed by atoms with Gasteiger partial charge in [-0.25, -0.2) is 14.8 Å². The first-order chi connectivity index (χ1) is 18.9. The first-order valence-corrected chi connectivity index (χ1v) is 13.6. The van der Waals surface area contributed by atoms with Crippen molar-refractivity contribution >= 4 is 45.3 Å². The number of pyridine rings is 2. The van der Waals surface area contributed by atoms with Crippen LogP contribution in [0.15, 0.2) is 30.6 Å². The van der Waals surface area contributed by atoms with Gasteiger partial charge in [-0.3, -0.25) is 4.68 Å². The number of likely N-dealkylation sites (N-methyl/N-ethyl adjacent to an activating group) is 1. The number of ether oxygens (including phenoxy) is 3. The second kappa shape index (κ2) is 10.7. The molecule has 4 aromatic rings. The Kier molecular flexibility index (Phi) is 7.50. The molecule has 4 heterocycles. The fourth-order valence-electron chi connectivity index (χ4n) is 5.08. The van der Waals surface area contributed by atoms with Crippen molar-refractivity contribution in [2.45, 2.75) is 45.8 Å². The summed E-state index contributed by atoms with van der Waals surface area (Å²) in [6, 6.07) is 5.97. The summed E-state index contributed by atoms with van der Waals surface area (Å²) < 4.78 is 18.5. The maximum absolute atomic E-state index is 12.5. The zero-order valence-corrected chi connectivity index (χ0v) is 24.7. The van der Waals surface area contributed by atoms with Crippen LogP contribution in [-0.2, 0) is 16.5 Å². The summed E-state index contributed by atoms with van der Waals surface area (Å²) in [5.74, 6) is 0.642. The van der Waals surface area contributed by atoms with E-state index in [9.17, 15) is 4.79 Å². The van der Waals surface area contributed by atoms with Crippen molar-refractivity contribution in [1.29, 1.82) is 0 Å². The Morgan fingerprint density at radius 2 is 2.02 bits per heavy atom. The summed E-state index contributed by atoms with van der Waals surface area (Å²) >= 11 is 6.84. The van der Waals surface area contributed by atoms with Crippen LogP contribution in [0.1, 0.15) is 32.8 Å². The van der Waals surface area contributed by atoms with Crippen LogP contribution in [0.25, 0.3) is 33.2 Å². The molecular formula is C29H35ClN6O4. The van der Waals surface area contributed by atoms with Gasteiger partial charge in [-0.05, 0) is 52.3 Å². The lowest BCUT2D eigenvalue weighted by Gasteiger charge is -2.28. The first kappa shape index (κ1) is 27.9. The number of anilines is 1. The fraction of sp³-hybridized carbons (Fsp3) is 0.448. The molecule has 5 rings (SSSR count). The van der Waals surface area contributed by atoms with E-state index in [0.29, 0.717) is 35.2 Å². The van der Waals surface area contributed by atoms with Crippen LogP contribution in [0.3, 0.4) is 0 Å². The van der Waals surface area contributed by atoms with Crippen molar-refractivity contribution in [3.05, 3.63) is 41.2 Å². The lowest BCUT2D eigenvalue weighted by Crippen LogP contribution is -2.39. The van der Waals surface area contributed by atoms with Crippen LogP contribution in [0.5, 0.6) is 5.75 Å². The summed E-state index contributed by atoms with van der Waals surface area (Å²) in [4.78, 5) is 26.0. The number of hydrogen-bond donors (Lipinski definition) is 0. The van der Waals surface area contributed by atoms with Crippen molar-refractivity contribution in [3.63, 3.8) is 0 Å². The number of likely N-dealkylation sites (tertiary alicyclic amines) is 1. The average molecular weight is 567 g/mol. The van der Waals surface area contributed by atoms with Crippen molar-refractivity contribution < 1.29 is 19.0 Å². The molecule has 0 aliphatic carbocycles. The van der Waals surface area contributed by atoms with Gasteiger partial charge in [0, 0.05) is 68.4 Å². The molecule has 0 N–H and O–H groups in total. The molecule has 11 heteroatoms. The molecule has 0 radical (unpaired) electrons. The molecule has 1 atom stereocenters. The number of halogens is 1. The lowest BCUT2D eigenvalue weighted by molar-refractivity contribution is 0.0292. The van der Waals surface area contributed by atoms with Crippen LogP contribution < -0.4 is 9.64 Å². The molecule has 40 heavy (non-hydrogen) atoms. The number of aromatic nitrogens is 4. The van der Waals surface area contributed by atoms with Crippen LogP contribution >= 0.6 is 11.6 Å². The predicted octanol–water partition coefficient (Wildman–Crippen LogP) is 5.57. The summed E-state index contributed by atoms with van der Waals surface area (Å²) in [6.07, 6.45) is 4.30. The molecule has 3 aromatic heterocycles. The number of aryl methyl sites for hydroxylation is 2. The van der Waals surface area contributed by atoms with Gasteiger partial charge >= 0.3 is 6.09 Å². The summed E-state index contributed by atoms with van der Waals surface area (Å²) in [7, 11) is 5.48. The Morgan fingerprint density at radius 1 is 1.25 bits per heavy atom. The first-order valence-electron chi connectivity index (χ1n) is 13.2. The van der Waals surface area contributed by atoms with Crippen molar-refractivity contribution in [2.24, 2.45) is 7.05 Å².